The van der Waals surface area contributed by atoms with E-state index >= 15 is 0 Å². The molecule has 0 bridgehead atoms. The first-order valence-corrected chi connectivity index (χ1v) is 7.92. The fourth-order valence-electron chi connectivity index (χ4n) is 2.35. The van der Waals surface area contributed by atoms with Crippen LogP contribution in [0.1, 0.15) is 31.4 Å². The average molecular weight is 305 g/mol. The van der Waals surface area contributed by atoms with Crippen LogP contribution in [0.2, 0.25) is 0 Å². The largest absolute Gasteiger partial charge is 0.480 e. The van der Waals surface area contributed by atoms with Crippen LogP contribution >= 0.6 is 11.8 Å². The molecule has 5 heteroatoms. The Morgan fingerprint density at radius 2 is 2.00 bits per heavy atom. The van der Waals surface area contributed by atoms with Crippen molar-refractivity contribution in [3.8, 4) is 0 Å². The van der Waals surface area contributed by atoms with Crippen molar-refractivity contribution in [1.82, 2.24) is 4.90 Å². The highest BCUT2D eigenvalue weighted by Crippen LogP contribution is 2.38. The molecule has 4 nitrogen and oxygen atoms in total. The zero-order valence-corrected chi connectivity index (χ0v) is 13.2. The maximum Gasteiger partial charge on any atom is 0.326 e. The number of thioether (sulfide) groups is 1. The topological polar surface area (TPSA) is 57.6 Å². The molecule has 1 N–H and O–H groups in total. The molecule has 2 rings (SSSR count). The molecule has 1 atom stereocenters. The number of carboxylic acids is 1. The second kappa shape index (κ2) is 6.35. The van der Waals surface area contributed by atoms with Gasteiger partial charge in [-0.2, -0.15) is 0 Å². The van der Waals surface area contributed by atoms with E-state index in [0.717, 1.165) is 28.1 Å². The average Bonchev–Trinajstić information content (AvgIpc) is 2.47. The maximum atomic E-state index is 12.3. The first-order valence-electron chi connectivity index (χ1n) is 6.93. The Morgan fingerprint density at radius 3 is 2.52 bits per heavy atom. The summed E-state index contributed by atoms with van der Waals surface area (Å²) in [4.78, 5) is 26.1. The summed E-state index contributed by atoms with van der Waals surface area (Å²) in [6.07, 6.45) is 0.782. The van der Waals surface area contributed by atoms with Gasteiger partial charge >= 0.3 is 5.97 Å². The van der Waals surface area contributed by atoms with Crippen LogP contribution in [0.15, 0.2) is 29.2 Å². The van der Waals surface area contributed by atoms with Gasteiger partial charge in [-0.05, 0) is 25.8 Å². The van der Waals surface area contributed by atoms with Gasteiger partial charge in [-0.25, -0.2) is 4.79 Å². The number of carbonyl (C=O) groups excluding carboxylic acids is 1. The molecule has 1 aromatic rings. The number of amides is 1. The minimum atomic E-state index is -0.990. The van der Waals surface area contributed by atoms with Crippen LogP contribution in [0.3, 0.4) is 0 Å². The normalized spacial score (nSPS) is 17.1. The molecule has 0 aromatic heterocycles. The lowest BCUT2D eigenvalue weighted by Crippen LogP contribution is -2.44. The summed E-state index contributed by atoms with van der Waals surface area (Å²) in [6.45, 7) is 5.57. The Morgan fingerprint density at radius 1 is 1.38 bits per heavy atom. The minimum absolute atomic E-state index is 0.150. The molecule has 0 saturated carbocycles. The number of carboxylic acid groups (broad SMARTS) is 1. The number of hydrogen-bond donors (Lipinski definition) is 1. The molecule has 0 fully saturated rings. The van der Waals surface area contributed by atoms with E-state index in [1.54, 1.807) is 6.92 Å². The molecule has 1 unspecified atom stereocenters. The van der Waals surface area contributed by atoms with Gasteiger partial charge in [-0.3, -0.25) is 9.69 Å². The van der Waals surface area contributed by atoms with Gasteiger partial charge in [0.15, 0.2) is 0 Å². The molecule has 1 heterocycles. The molecule has 1 aromatic carbocycles. The molecular weight excluding hydrogens is 286 g/mol. The Hall–Kier alpha value is -1.75. The summed E-state index contributed by atoms with van der Waals surface area (Å²) < 4.78 is 0. The second-order valence-electron chi connectivity index (χ2n) is 5.06. The first-order chi connectivity index (χ1) is 9.95. The summed E-state index contributed by atoms with van der Waals surface area (Å²) in [5.74, 6) is -0.839. The van der Waals surface area contributed by atoms with Crippen LogP contribution in [0.5, 0.6) is 0 Å². The highest BCUT2D eigenvalue weighted by atomic mass is 32.2. The highest BCUT2D eigenvalue weighted by molar-refractivity contribution is 8.04. The number of hydrogen-bond acceptors (Lipinski definition) is 3. The van der Waals surface area contributed by atoms with E-state index in [4.69, 9.17) is 0 Å². The lowest BCUT2D eigenvalue weighted by Gasteiger charge is -2.34. The molecule has 1 aliphatic rings. The summed E-state index contributed by atoms with van der Waals surface area (Å²) in [5, 5.41) is 9.30. The van der Waals surface area contributed by atoms with Gasteiger partial charge in [0.2, 0.25) is 5.91 Å². The molecule has 1 amide bonds. The molecule has 1 aliphatic heterocycles. The molecule has 0 radical (unpaired) electrons. The zero-order chi connectivity index (χ0) is 15.6. The molecular formula is C16H19NO3S. The quantitative estimate of drug-likeness (QED) is 0.928. The van der Waals surface area contributed by atoms with E-state index in [1.165, 1.54) is 16.7 Å². The number of aliphatic carboxylic acids is 1. The van der Waals surface area contributed by atoms with E-state index in [1.807, 2.05) is 38.1 Å². The van der Waals surface area contributed by atoms with Crippen molar-refractivity contribution in [2.75, 3.05) is 5.75 Å². The number of benzene rings is 1. The van der Waals surface area contributed by atoms with Crippen molar-refractivity contribution < 1.29 is 14.7 Å². The maximum absolute atomic E-state index is 12.3. The van der Waals surface area contributed by atoms with Crippen molar-refractivity contribution in [1.29, 1.82) is 0 Å². The van der Waals surface area contributed by atoms with Gasteiger partial charge in [0.05, 0.1) is 11.4 Å². The third kappa shape index (κ3) is 3.13. The summed E-state index contributed by atoms with van der Waals surface area (Å²) in [5.41, 5.74) is 2.77. The number of rotatable bonds is 4. The van der Waals surface area contributed by atoms with Crippen molar-refractivity contribution in [3.63, 3.8) is 0 Å². The Labute approximate surface area is 128 Å². The van der Waals surface area contributed by atoms with E-state index in [0.29, 0.717) is 5.75 Å². The number of aryl methyl sites for hydroxylation is 1. The van der Waals surface area contributed by atoms with Gasteiger partial charge in [-0.1, -0.05) is 36.8 Å². The summed E-state index contributed by atoms with van der Waals surface area (Å²) >= 11 is 1.51. The highest BCUT2D eigenvalue weighted by Gasteiger charge is 2.34. The molecule has 112 valence electrons. The Kier molecular flexibility index (Phi) is 4.73. The predicted molar refractivity (Wildman–Crippen MR) is 84.8 cm³/mol. The molecule has 0 aliphatic carbocycles. The molecule has 21 heavy (non-hydrogen) atoms. The van der Waals surface area contributed by atoms with Gasteiger partial charge in [0.1, 0.15) is 6.04 Å². The Balaban J connectivity index is 2.56. The van der Waals surface area contributed by atoms with Gasteiger partial charge < -0.3 is 5.11 Å². The van der Waals surface area contributed by atoms with Crippen LogP contribution in [-0.4, -0.2) is 33.7 Å². The zero-order valence-electron chi connectivity index (χ0n) is 12.4. The first kappa shape index (κ1) is 15.6. The smallest absolute Gasteiger partial charge is 0.326 e. The van der Waals surface area contributed by atoms with Crippen LogP contribution in [0.25, 0.3) is 5.70 Å². The summed E-state index contributed by atoms with van der Waals surface area (Å²) in [7, 11) is 0. The third-order valence-electron chi connectivity index (χ3n) is 3.53. The van der Waals surface area contributed by atoms with Crippen molar-refractivity contribution in [3.05, 3.63) is 40.3 Å². The van der Waals surface area contributed by atoms with Crippen molar-refractivity contribution in [2.45, 2.75) is 33.2 Å². The van der Waals surface area contributed by atoms with Gasteiger partial charge in [-0.15, -0.1) is 11.8 Å². The lowest BCUT2D eigenvalue weighted by molar-refractivity contribution is -0.145. The predicted octanol–water partition coefficient (Wildman–Crippen LogP) is 3.12. The number of nitrogens with zero attached hydrogens (tertiary/aromatic N) is 1. The molecule has 0 spiro atoms. The fourth-order valence-corrected chi connectivity index (χ4v) is 3.34. The fraction of sp³-hybridized carbons (Fsp3) is 0.375. The van der Waals surface area contributed by atoms with Crippen molar-refractivity contribution in [2.24, 2.45) is 0 Å². The van der Waals surface area contributed by atoms with E-state index in [9.17, 15) is 14.7 Å². The number of carbonyl (C=O) groups is 2. The minimum Gasteiger partial charge on any atom is -0.480 e. The SMILES string of the molecule is CCC1=C(c2ccc(C)cc2)N(C(C)C(=O)O)C(=O)CS1. The second-order valence-corrected chi connectivity index (χ2v) is 6.13. The van der Waals surface area contributed by atoms with E-state index in [2.05, 4.69) is 0 Å². The van der Waals surface area contributed by atoms with Gasteiger partial charge in [0.25, 0.3) is 0 Å². The van der Waals surface area contributed by atoms with Crippen LogP contribution in [-0.2, 0) is 9.59 Å². The van der Waals surface area contributed by atoms with Crippen LogP contribution < -0.4 is 0 Å². The monoisotopic (exact) mass is 305 g/mol. The summed E-state index contributed by atoms with van der Waals surface area (Å²) in [6, 6.07) is 6.98. The lowest BCUT2D eigenvalue weighted by atomic mass is 10.1. The molecule has 0 saturated heterocycles. The third-order valence-corrected chi connectivity index (χ3v) is 4.76. The standard InChI is InChI=1S/C16H19NO3S/c1-4-13-15(12-7-5-10(2)6-8-12)17(11(3)16(19)20)14(18)9-21-13/h5-8,11H,4,9H2,1-3H3,(H,19,20). The van der Waals surface area contributed by atoms with Crippen molar-refractivity contribution >= 4 is 29.3 Å². The van der Waals surface area contributed by atoms with Gasteiger partial charge in [0, 0.05) is 4.91 Å². The van der Waals surface area contributed by atoms with E-state index < -0.39 is 12.0 Å². The van der Waals surface area contributed by atoms with Crippen LogP contribution in [0.4, 0.5) is 0 Å². The number of allylic oxidation sites excluding steroid dienone is 1. The van der Waals surface area contributed by atoms with E-state index in [-0.39, 0.29) is 5.91 Å². The Bertz CT molecular complexity index is 592. The van der Waals surface area contributed by atoms with Crippen LogP contribution in [0, 0.1) is 6.92 Å².